The standard InChI is InChI=1S/C31H33NO5/c1-20-6-7-22(16-21(20)2)28(33)19-36-30(35)23-17-29(34)32(18-23)25-10-14-27(15-11-25)37-26-12-8-24(9-13-26)31(3,4)5/h6-16,23H,17-19H2,1-5H3/t23-/m0/s1. The lowest BCUT2D eigenvalue weighted by atomic mass is 9.87. The van der Waals surface area contributed by atoms with Crippen LogP contribution >= 0.6 is 0 Å². The van der Waals surface area contributed by atoms with Crippen molar-refractivity contribution in [3.05, 3.63) is 89.0 Å². The molecule has 0 bridgehead atoms. The van der Waals surface area contributed by atoms with E-state index in [0.29, 0.717) is 17.0 Å². The Bertz CT molecular complexity index is 1300. The lowest BCUT2D eigenvalue weighted by Crippen LogP contribution is -2.27. The van der Waals surface area contributed by atoms with Gasteiger partial charge in [-0.2, -0.15) is 0 Å². The first-order chi connectivity index (χ1) is 17.5. The summed E-state index contributed by atoms with van der Waals surface area (Å²) >= 11 is 0. The molecule has 37 heavy (non-hydrogen) atoms. The number of ketones is 1. The summed E-state index contributed by atoms with van der Waals surface area (Å²) in [6, 6.07) is 20.6. The van der Waals surface area contributed by atoms with Crippen molar-refractivity contribution in [1.29, 1.82) is 0 Å². The zero-order valence-electron chi connectivity index (χ0n) is 22.0. The molecule has 1 fully saturated rings. The van der Waals surface area contributed by atoms with Crippen LogP contribution < -0.4 is 9.64 Å². The summed E-state index contributed by atoms with van der Waals surface area (Å²) in [5.41, 5.74) is 4.58. The third-order valence-electron chi connectivity index (χ3n) is 6.74. The van der Waals surface area contributed by atoms with Crippen LogP contribution in [0.2, 0.25) is 0 Å². The normalized spacial score (nSPS) is 15.5. The molecule has 0 radical (unpaired) electrons. The van der Waals surface area contributed by atoms with Crippen molar-refractivity contribution in [2.24, 2.45) is 5.92 Å². The Labute approximate surface area is 218 Å². The van der Waals surface area contributed by atoms with E-state index >= 15 is 0 Å². The first-order valence-corrected chi connectivity index (χ1v) is 12.5. The smallest absolute Gasteiger partial charge is 0.311 e. The Hall–Kier alpha value is -3.93. The Morgan fingerprint density at radius 1 is 0.892 bits per heavy atom. The molecular weight excluding hydrogens is 466 g/mol. The van der Waals surface area contributed by atoms with E-state index in [4.69, 9.17) is 9.47 Å². The minimum absolute atomic E-state index is 0.0506. The SMILES string of the molecule is Cc1ccc(C(=O)COC(=O)[C@H]2CC(=O)N(c3ccc(Oc4ccc(C(C)(C)C)cc4)cc3)C2)cc1C. The van der Waals surface area contributed by atoms with Gasteiger partial charge in [-0.05, 0) is 78.4 Å². The molecule has 1 saturated heterocycles. The van der Waals surface area contributed by atoms with Crippen molar-refractivity contribution in [2.45, 2.75) is 46.5 Å². The number of amides is 1. The fourth-order valence-electron chi connectivity index (χ4n) is 4.22. The lowest BCUT2D eigenvalue weighted by molar-refractivity contribution is -0.147. The van der Waals surface area contributed by atoms with Gasteiger partial charge in [-0.15, -0.1) is 0 Å². The number of nitrogens with zero attached hydrogens (tertiary/aromatic N) is 1. The van der Waals surface area contributed by atoms with Crippen LogP contribution in [0.4, 0.5) is 5.69 Å². The fourth-order valence-corrected chi connectivity index (χ4v) is 4.22. The van der Waals surface area contributed by atoms with Gasteiger partial charge in [0.25, 0.3) is 0 Å². The molecule has 3 aromatic carbocycles. The van der Waals surface area contributed by atoms with Crippen LogP contribution in [0, 0.1) is 19.8 Å². The van der Waals surface area contributed by atoms with Gasteiger partial charge in [-0.1, -0.05) is 45.0 Å². The summed E-state index contributed by atoms with van der Waals surface area (Å²) in [5, 5.41) is 0. The second-order valence-corrected chi connectivity index (χ2v) is 10.6. The van der Waals surface area contributed by atoms with Crippen molar-refractivity contribution in [1.82, 2.24) is 0 Å². The number of rotatable bonds is 7. The summed E-state index contributed by atoms with van der Waals surface area (Å²) in [6.07, 6.45) is 0.0506. The van der Waals surface area contributed by atoms with Gasteiger partial charge in [-0.25, -0.2) is 0 Å². The molecule has 0 aliphatic carbocycles. The van der Waals surface area contributed by atoms with Gasteiger partial charge in [0.1, 0.15) is 11.5 Å². The number of aryl methyl sites for hydroxylation is 2. The predicted molar refractivity (Wildman–Crippen MR) is 143 cm³/mol. The largest absolute Gasteiger partial charge is 0.457 e. The van der Waals surface area contributed by atoms with E-state index in [9.17, 15) is 14.4 Å². The molecule has 6 nitrogen and oxygen atoms in total. The topological polar surface area (TPSA) is 72.9 Å². The Balaban J connectivity index is 1.32. The van der Waals surface area contributed by atoms with Crippen LogP contribution in [-0.2, 0) is 19.7 Å². The van der Waals surface area contributed by atoms with Crippen molar-refractivity contribution < 1.29 is 23.9 Å². The van der Waals surface area contributed by atoms with E-state index in [2.05, 4.69) is 32.9 Å². The quantitative estimate of drug-likeness (QED) is 0.287. The summed E-state index contributed by atoms with van der Waals surface area (Å²) in [6.45, 7) is 10.3. The molecule has 1 atom stereocenters. The van der Waals surface area contributed by atoms with Crippen LogP contribution in [0.3, 0.4) is 0 Å². The van der Waals surface area contributed by atoms with Crippen LogP contribution in [0.15, 0.2) is 66.7 Å². The second-order valence-electron chi connectivity index (χ2n) is 10.6. The third-order valence-corrected chi connectivity index (χ3v) is 6.74. The number of hydrogen-bond donors (Lipinski definition) is 0. The van der Waals surface area contributed by atoms with Crippen LogP contribution in [0.5, 0.6) is 11.5 Å². The number of ether oxygens (including phenoxy) is 2. The van der Waals surface area contributed by atoms with Crippen molar-refractivity contribution in [3.63, 3.8) is 0 Å². The van der Waals surface area contributed by atoms with Gasteiger partial charge in [0.05, 0.1) is 5.92 Å². The maximum Gasteiger partial charge on any atom is 0.311 e. The molecule has 1 aliphatic heterocycles. The molecule has 6 heteroatoms. The van der Waals surface area contributed by atoms with Gasteiger partial charge < -0.3 is 14.4 Å². The molecule has 0 N–H and O–H groups in total. The summed E-state index contributed by atoms with van der Waals surface area (Å²) in [7, 11) is 0. The van der Waals surface area contributed by atoms with Gasteiger partial charge in [-0.3, -0.25) is 14.4 Å². The van der Waals surface area contributed by atoms with E-state index in [1.165, 1.54) is 5.56 Å². The number of hydrogen-bond acceptors (Lipinski definition) is 5. The monoisotopic (exact) mass is 499 g/mol. The van der Waals surface area contributed by atoms with E-state index < -0.39 is 11.9 Å². The number of esters is 1. The highest BCUT2D eigenvalue weighted by molar-refractivity contribution is 6.01. The number of benzene rings is 3. The zero-order valence-corrected chi connectivity index (χ0v) is 22.0. The van der Waals surface area contributed by atoms with Gasteiger partial charge in [0.15, 0.2) is 12.4 Å². The van der Waals surface area contributed by atoms with E-state index in [-0.39, 0.29) is 36.7 Å². The Morgan fingerprint density at radius 3 is 2.11 bits per heavy atom. The van der Waals surface area contributed by atoms with Gasteiger partial charge in [0, 0.05) is 24.2 Å². The number of Topliss-reactive ketones (excluding diaryl/α,β-unsaturated/α-hetero) is 1. The molecule has 0 spiro atoms. The molecule has 0 unspecified atom stereocenters. The maximum absolute atomic E-state index is 12.6. The number of anilines is 1. The highest BCUT2D eigenvalue weighted by Crippen LogP contribution is 2.30. The number of carbonyl (C=O) groups excluding carboxylic acids is 3. The van der Waals surface area contributed by atoms with E-state index in [0.717, 1.165) is 16.9 Å². The molecule has 0 aromatic heterocycles. The van der Waals surface area contributed by atoms with E-state index in [1.807, 2.05) is 32.0 Å². The molecular formula is C31H33NO5. The predicted octanol–water partition coefficient (Wildman–Crippen LogP) is 6.17. The van der Waals surface area contributed by atoms with Crippen LogP contribution in [0.25, 0.3) is 0 Å². The maximum atomic E-state index is 12.6. The highest BCUT2D eigenvalue weighted by Gasteiger charge is 2.36. The average Bonchev–Trinajstić information content (AvgIpc) is 3.26. The minimum atomic E-state index is -0.614. The summed E-state index contributed by atoms with van der Waals surface area (Å²) in [5.74, 6) is -0.185. The lowest BCUT2D eigenvalue weighted by Gasteiger charge is -2.19. The Morgan fingerprint density at radius 2 is 1.51 bits per heavy atom. The minimum Gasteiger partial charge on any atom is -0.457 e. The van der Waals surface area contributed by atoms with Crippen molar-refractivity contribution >= 4 is 23.3 Å². The molecule has 4 rings (SSSR count). The van der Waals surface area contributed by atoms with Crippen molar-refractivity contribution in [3.8, 4) is 11.5 Å². The Kier molecular flexibility index (Phi) is 7.48. The molecule has 1 heterocycles. The first-order valence-electron chi connectivity index (χ1n) is 12.5. The third kappa shape index (κ3) is 6.26. The average molecular weight is 500 g/mol. The highest BCUT2D eigenvalue weighted by atomic mass is 16.5. The second kappa shape index (κ2) is 10.6. The molecule has 3 aromatic rings. The number of carbonyl (C=O) groups is 3. The molecule has 192 valence electrons. The van der Waals surface area contributed by atoms with Crippen LogP contribution in [0.1, 0.15) is 54.2 Å². The van der Waals surface area contributed by atoms with Gasteiger partial charge in [0.2, 0.25) is 5.91 Å². The molecule has 1 aliphatic rings. The van der Waals surface area contributed by atoms with E-state index in [1.54, 1.807) is 41.3 Å². The summed E-state index contributed by atoms with van der Waals surface area (Å²) < 4.78 is 11.2. The van der Waals surface area contributed by atoms with Gasteiger partial charge >= 0.3 is 5.97 Å². The van der Waals surface area contributed by atoms with Crippen LogP contribution in [-0.4, -0.2) is 30.8 Å². The first kappa shape index (κ1) is 26.1. The van der Waals surface area contributed by atoms with Crippen molar-refractivity contribution in [2.75, 3.05) is 18.1 Å². The summed E-state index contributed by atoms with van der Waals surface area (Å²) in [4.78, 5) is 39.2. The molecule has 1 amide bonds. The fraction of sp³-hybridized carbons (Fsp3) is 0.323. The molecule has 0 saturated carbocycles. The zero-order chi connectivity index (χ0) is 26.7.